The quantitative estimate of drug-likeness (QED) is 0.804. The minimum absolute atomic E-state index is 0.114. The van der Waals surface area contributed by atoms with Crippen molar-refractivity contribution in [3.05, 3.63) is 24.3 Å². The molecule has 0 bridgehead atoms. The zero-order chi connectivity index (χ0) is 13.2. The molecule has 1 aliphatic rings. The molecule has 1 saturated heterocycles. The molecule has 3 rings (SSSR count). The SMILES string of the molecule is CC1CCN(C(=O)Cc2nc3ncccn3n2)CC1. The molecule has 0 atom stereocenters. The Bertz CT molecular complexity index is 552. The molecule has 2 aromatic rings. The lowest BCUT2D eigenvalue weighted by molar-refractivity contribution is -0.131. The Balaban J connectivity index is 1.68. The number of piperidine rings is 1. The van der Waals surface area contributed by atoms with E-state index in [1.54, 1.807) is 23.0 Å². The summed E-state index contributed by atoms with van der Waals surface area (Å²) in [6, 6.07) is 1.79. The van der Waals surface area contributed by atoms with Crippen molar-refractivity contribution in [3.63, 3.8) is 0 Å². The summed E-state index contributed by atoms with van der Waals surface area (Å²) in [7, 11) is 0. The normalized spacial score (nSPS) is 17.0. The van der Waals surface area contributed by atoms with E-state index in [4.69, 9.17) is 0 Å². The van der Waals surface area contributed by atoms with Crippen LogP contribution in [0.25, 0.3) is 5.78 Å². The van der Waals surface area contributed by atoms with Gasteiger partial charge < -0.3 is 4.90 Å². The van der Waals surface area contributed by atoms with Gasteiger partial charge in [0, 0.05) is 25.5 Å². The van der Waals surface area contributed by atoms with Crippen molar-refractivity contribution < 1.29 is 4.79 Å². The molecule has 0 aliphatic carbocycles. The second kappa shape index (κ2) is 4.95. The lowest BCUT2D eigenvalue weighted by atomic mass is 9.99. The molecule has 0 radical (unpaired) electrons. The summed E-state index contributed by atoms with van der Waals surface area (Å²) in [6.45, 7) is 3.94. The summed E-state index contributed by atoms with van der Waals surface area (Å²) in [5, 5.41) is 4.26. The molecule has 100 valence electrons. The van der Waals surface area contributed by atoms with E-state index in [2.05, 4.69) is 22.0 Å². The van der Waals surface area contributed by atoms with Crippen LogP contribution in [0.4, 0.5) is 0 Å². The van der Waals surface area contributed by atoms with Gasteiger partial charge in [-0.25, -0.2) is 9.50 Å². The lowest BCUT2D eigenvalue weighted by Crippen LogP contribution is -2.38. The van der Waals surface area contributed by atoms with Gasteiger partial charge in [0.25, 0.3) is 5.78 Å². The number of fused-ring (bicyclic) bond motifs is 1. The van der Waals surface area contributed by atoms with Crippen LogP contribution in [0.3, 0.4) is 0 Å². The Labute approximate surface area is 111 Å². The maximum atomic E-state index is 12.2. The first-order chi connectivity index (χ1) is 9.22. The molecular weight excluding hydrogens is 242 g/mol. The molecule has 0 unspecified atom stereocenters. The van der Waals surface area contributed by atoms with Crippen LogP contribution >= 0.6 is 0 Å². The van der Waals surface area contributed by atoms with Gasteiger partial charge in [-0.15, -0.1) is 5.10 Å². The molecule has 6 nitrogen and oxygen atoms in total. The highest BCUT2D eigenvalue weighted by Crippen LogP contribution is 2.16. The average molecular weight is 259 g/mol. The van der Waals surface area contributed by atoms with Crippen LogP contribution in [0, 0.1) is 5.92 Å². The van der Waals surface area contributed by atoms with Gasteiger partial charge in [0.05, 0.1) is 6.42 Å². The first kappa shape index (κ1) is 12.1. The highest BCUT2D eigenvalue weighted by Gasteiger charge is 2.21. The molecule has 0 N–H and O–H groups in total. The van der Waals surface area contributed by atoms with Crippen molar-refractivity contribution in [3.8, 4) is 0 Å². The molecule has 0 aromatic carbocycles. The smallest absolute Gasteiger partial charge is 0.252 e. The Morgan fingerprint density at radius 1 is 1.42 bits per heavy atom. The van der Waals surface area contributed by atoms with Gasteiger partial charge in [0.2, 0.25) is 5.91 Å². The number of carbonyl (C=O) groups excluding carboxylic acids is 1. The number of carbonyl (C=O) groups is 1. The van der Waals surface area contributed by atoms with E-state index in [1.807, 2.05) is 4.90 Å². The molecule has 1 aliphatic heterocycles. The number of nitrogens with zero attached hydrogens (tertiary/aromatic N) is 5. The number of amides is 1. The Morgan fingerprint density at radius 3 is 2.95 bits per heavy atom. The van der Waals surface area contributed by atoms with Gasteiger partial charge in [-0.1, -0.05) is 6.92 Å². The first-order valence-electron chi connectivity index (χ1n) is 6.66. The van der Waals surface area contributed by atoms with E-state index in [0.717, 1.165) is 31.8 Å². The number of hydrogen-bond acceptors (Lipinski definition) is 4. The fraction of sp³-hybridized carbons (Fsp3) is 0.538. The minimum atomic E-state index is 0.114. The summed E-state index contributed by atoms with van der Waals surface area (Å²) in [4.78, 5) is 22.4. The third-order valence-electron chi connectivity index (χ3n) is 3.61. The maximum absolute atomic E-state index is 12.2. The van der Waals surface area contributed by atoms with E-state index in [1.165, 1.54) is 0 Å². The van der Waals surface area contributed by atoms with Crippen molar-refractivity contribution in [2.24, 2.45) is 5.92 Å². The van der Waals surface area contributed by atoms with Crippen molar-refractivity contribution in [1.82, 2.24) is 24.5 Å². The van der Waals surface area contributed by atoms with Crippen molar-refractivity contribution in [2.45, 2.75) is 26.2 Å². The highest BCUT2D eigenvalue weighted by atomic mass is 16.2. The van der Waals surface area contributed by atoms with E-state index in [-0.39, 0.29) is 12.3 Å². The lowest BCUT2D eigenvalue weighted by Gasteiger charge is -2.30. The molecule has 1 fully saturated rings. The Kier molecular flexibility index (Phi) is 3.15. The largest absolute Gasteiger partial charge is 0.342 e. The van der Waals surface area contributed by atoms with Crippen molar-refractivity contribution in [2.75, 3.05) is 13.1 Å². The molecule has 2 aromatic heterocycles. The molecule has 6 heteroatoms. The van der Waals surface area contributed by atoms with E-state index >= 15 is 0 Å². The average Bonchev–Trinajstić information content (AvgIpc) is 2.81. The third kappa shape index (κ3) is 2.57. The molecular formula is C13H17N5O. The summed E-state index contributed by atoms with van der Waals surface area (Å²) in [5.41, 5.74) is 0. The molecule has 3 heterocycles. The molecule has 0 saturated carbocycles. The molecule has 1 amide bonds. The molecule has 19 heavy (non-hydrogen) atoms. The van der Waals surface area contributed by atoms with Crippen LogP contribution in [0.5, 0.6) is 0 Å². The topological polar surface area (TPSA) is 63.4 Å². The third-order valence-corrected chi connectivity index (χ3v) is 3.61. The fourth-order valence-corrected chi connectivity index (χ4v) is 2.36. The first-order valence-corrected chi connectivity index (χ1v) is 6.66. The summed E-state index contributed by atoms with van der Waals surface area (Å²) in [5.74, 6) is 1.92. The second-order valence-corrected chi connectivity index (χ2v) is 5.13. The summed E-state index contributed by atoms with van der Waals surface area (Å²) < 4.78 is 1.60. The Hall–Kier alpha value is -1.98. The zero-order valence-corrected chi connectivity index (χ0v) is 11.0. The van der Waals surface area contributed by atoms with Gasteiger partial charge in [0.1, 0.15) is 0 Å². The van der Waals surface area contributed by atoms with E-state index in [0.29, 0.717) is 11.6 Å². The summed E-state index contributed by atoms with van der Waals surface area (Å²) in [6.07, 6.45) is 5.89. The van der Waals surface area contributed by atoms with Gasteiger partial charge >= 0.3 is 0 Å². The van der Waals surface area contributed by atoms with Crippen LogP contribution in [0.2, 0.25) is 0 Å². The monoisotopic (exact) mass is 259 g/mol. The van der Waals surface area contributed by atoms with E-state index in [9.17, 15) is 4.79 Å². The van der Waals surface area contributed by atoms with Crippen LogP contribution in [-0.4, -0.2) is 43.5 Å². The van der Waals surface area contributed by atoms with E-state index < -0.39 is 0 Å². The zero-order valence-electron chi connectivity index (χ0n) is 11.0. The van der Waals surface area contributed by atoms with Gasteiger partial charge in [0.15, 0.2) is 5.82 Å². The van der Waals surface area contributed by atoms with Crippen LogP contribution in [0.15, 0.2) is 18.5 Å². The molecule has 0 spiro atoms. The number of hydrogen-bond donors (Lipinski definition) is 0. The summed E-state index contributed by atoms with van der Waals surface area (Å²) >= 11 is 0. The number of likely N-dealkylation sites (tertiary alicyclic amines) is 1. The van der Waals surface area contributed by atoms with Gasteiger partial charge in [-0.05, 0) is 24.8 Å². The van der Waals surface area contributed by atoms with Gasteiger partial charge in [-0.2, -0.15) is 4.98 Å². The van der Waals surface area contributed by atoms with Gasteiger partial charge in [-0.3, -0.25) is 4.79 Å². The second-order valence-electron chi connectivity index (χ2n) is 5.13. The Morgan fingerprint density at radius 2 is 2.21 bits per heavy atom. The minimum Gasteiger partial charge on any atom is -0.342 e. The van der Waals surface area contributed by atoms with Crippen molar-refractivity contribution >= 4 is 11.7 Å². The standard InChI is InChI=1S/C13H17N5O/c1-10-3-7-17(8-4-10)12(19)9-11-15-13-14-5-2-6-18(13)16-11/h2,5-6,10H,3-4,7-9H2,1H3. The van der Waals surface area contributed by atoms with Crippen LogP contribution < -0.4 is 0 Å². The van der Waals surface area contributed by atoms with Crippen LogP contribution in [0.1, 0.15) is 25.6 Å². The van der Waals surface area contributed by atoms with Crippen molar-refractivity contribution in [1.29, 1.82) is 0 Å². The number of rotatable bonds is 2. The van der Waals surface area contributed by atoms with Crippen LogP contribution in [-0.2, 0) is 11.2 Å². The predicted molar refractivity (Wildman–Crippen MR) is 69.5 cm³/mol. The highest BCUT2D eigenvalue weighted by molar-refractivity contribution is 5.78. The maximum Gasteiger partial charge on any atom is 0.252 e. The predicted octanol–water partition coefficient (Wildman–Crippen LogP) is 0.925. The fourth-order valence-electron chi connectivity index (χ4n) is 2.36. The number of aromatic nitrogens is 4.